The van der Waals surface area contributed by atoms with Gasteiger partial charge in [0.2, 0.25) is 0 Å². The predicted molar refractivity (Wildman–Crippen MR) is 84.5 cm³/mol. The third-order valence-corrected chi connectivity index (χ3v) is 4.12. The Kier molecular flexibility index (Phi) is 5.05. The number of halogens is 1. The molecule has 1 aromatic carbocycles. The van der Waals surface area contributed by atoms with Crippen LogP contribution in [-0.2, 0) is 22.6 Å². The molecule has 0 aliphatic heterocycles. The molecule has 23 heavy (non-hydrogen) atoms. The number of aromatic nitrogens is 2. The zero-order chi connectivity index (χ0) is 17.0. The van der Waals surface area contributed by atoms with Crippen molar-refractivity contribution in [1.29, 1.82) is 0 Å². The third kappa shape index (κ3) is 3.71. The smallest absolute Gasteiger partial charge is 0.321 e. The van der Waals surface area contributed by atoms with Crippen LogP contribution < -0.4 is 0 Å². The fourth-order valence-corrected chi connectivity index (χ4v) is 2.51. The quantitative estimate of drug-likeness (QED) is 0.758. The van der Waals surface area contributed by atoms with Gasteiger partial charge in [0.25, 0.3) is 0 Å². The van der Waals surface area contributed by atoms with Crippen molar-refractivity contribution >= 4 is 23.5 Å². The summed E-state index contributed by atoms with van der Waals surface area (Å²) in [5.41, 5.74) is -0.262. The molecule has 2 aromatic rings. The average molecular weight is 337 g/mol. The molecule has 1 aromatic heterocycles. The van der Waals surface area contributed by atoms with E-state index >= 15 is 0 Å². The number of hydrogen-bond acceptors (Lipinski definition) is 3. The Morgan fingerprint density at radius 1 is 1.17 bits per heavy atom. The second kappa shape index (κ2) is 6.83. The summed E-state index contributed by atoms with van der Waals surface area (Å²) in [5.74, 6) is -2.67. The van der Waals surface area contributed by atoms with Crippen LogP contribution in [0.1, 0.15) is 24.5 Å². The minimum absolute atomic E-state index is 0.0000308. The van der Waals surface area contributed by atoms with Gasteiger partial charge in [-0.1, -0.05) is 30.7 Å². The molecule has 0 unspecified atom stereocenters. The monoisotopic (exact) mass is 336 g/mol. The summed E-state index contributed by atoms with van der Waals surface area (Å²) in [7, 11) is 0. The average Bonchev–Trinajstić information content (AvgIpc) is 2.93. The van der Waals surface area contributed by atoms with Gasteiger partial charge in [-0.05, 0) is 29.7 Å². The Labute approximate surface area is 138 Å². The molecule has 0 radical (unpaired) electrons. The van der Waals surface area contributed by atoms with E-state index in [1.165, 1.54) is 6.20 Å². The van der Waals surface area contributed by atoms with Crippen LogP contribution in [-0.4, -0.2) is 31.9 Å². The van der Waals surface area contributed by atoms with Crippen LogP contribution >= 0.6 is 11.6 Å². The predicted octanol–water partition coefficient (Wildman–Crippen LogP) is 2.69. The molecule has 0 saturated heterocycles. The first kappa shape index (κ1) is 17.0. The topological polar surface area (TPSA) is 92.4 Å². The lowest BCUT2D eigenvalue weighted by Crippen LogP contribution is -2.40. The second-order valence-corrected chi connectivity index (χ2v) is 5.83. The van der Waals surface area contributed by atoms with Crippen LogP contribution in [0.2, 0.25) is 5.02 Å². The van der Waals surface area contributed by atoms with E-state index in [-0.39, 0.29) is 12.8 Å². The van der Waals surface area contributed by atoms with Crippen LogP contribution in [0.15, 0.2) is 36.7 Å². The molecule has 0 aliphatic carbocycles. The molecule has 7 heteroatoms. The molecule has 0 saturated carbocycles. The molecule has 0 bridgehead atoms. The Hall–Kier alpha value is -2.34. The zero-order valence-corrected chi connectivity index (χ0v) is 13.3. The van der Waals surface area contributed by atoms with Crippen molar-refractivity contribution in [1.82, 2.24) is 9.78 Å². The first-order chi connectivity index (χ1) is 10.9. The van der Waals surface area contributed by atoms with Crippen LogP contribution in [0.5, 0.6) is 0 Å². The molecule has 0 amide bonds. The van der Waals surface area contributed by atoms with E-state index in [1.807, 2.05) is 12.1 Å². The number of benzene rings is 1. The lowest BCUT2D eigenvalue weighted by atomic mass is 9.80. The second-order valence-electron chi connectivity index (χ2n) is 5.40. The van der Waals surface area contributed by atoms with Gasteiger partial charge in [0.1, 0.15) is 0 Å². The summed E-state index contributed by atoms with van der Waals surface area (Å²) < 4.78 is 1.64. The summed E-state index contributed by atoms with van der Waals surface area (Å²) in [6, 6.07) is 7.29. The molecule has 2 rings (SSSR count). The van der Waals surface area contributed by atoms with Gasteiger partial charge in [-0.25, -0.2) is 0 Å². The van der Waals surface area contributed by atoms with E-state index in [0.29, 0.717) is 17.1 Å². The summed E-state index contributed by atoms with van der Waals surface area (Å²) >= 11 is 5.83. The van der Waals surface area contributed by atoms with E-state index in [1.54, 1.807) is 29.9 Å². The van der Waals surface area contributed by atoms with Gasteiger partial charge in [0.05, 0.1) is 12.7 Å². The molecule has 0 spiro atoms. The highest BCUT2D eigenvalue weighted by molar-refractivity contribution is 6.30. The number of nitrogens with zero attached hydrogens (tertiary/aromatic N) is 2. The summed E-state index contributed by atoms with van der Waals surface area (Å²) in [4.78, 5) is 22.8. The van der Waals surface area contributed by atoms with Crippen molar-refractivity contribution in [3.8, 4) is 0 Å². The number of carboxylic acid groups (broad SMARTS) is 2. The third-order valence-electron chi connectivity index (χ3n) is 3.87. The minimum atomic E-state index is -1.83. The fourth-order valence-electron chi connectivity index (χ4n) is 2.38. The highest BCUT2D eigenvalue weighted by atomic mass is 35.5. The van der Waals surface area contributed by atoms with Gasteiger partial charge < -0.3 is 10.2 Å². The maximum absolute atomic E-state index is 11.4. The molecule has 2 N–H and O–H groups in total. The lowest BCUT2D eigenvalue weighted by molar-refractivity contribution is -0.164. The molecular weight excluding hydrogens is 320 g/mol. The van der Waals surface area contributed by atoms with Crippen molar-refractivity contribution in [2.75, 3.05) is 0 Å². The number of aliphatic carboxylic acids is 2. The Balaban J connectivity index is 2.16. The van der Waals surface area contributed by atoms with E-state index in [4.69, 9.17) is 11.6 Å². The number of hydrogen-bond donors (Lipinski definition) is 2. The number of carboxylic acids is 2. The van der Waals surface area contributed by atoms with Crippen LogP contribution in [0, 0.1) is 5.41 Å². The Bertz CT molecular complexity index is 695. The van der Waals surface area contributed by atoms with Crippen molar-refractivity contribution in [2.45, 2.75) is 26.3 Å². The van der Waals surface area contributed by atoms with E-state index in [9.17, 15) is 19.8 Å². The molecule has 122 valence electrons. The van der Waals surface area contributed by atoms with Crippen molar-refractivity contribution in [3.63, 3.8) is 0 Å². The number of carbonyl (C=O) groups is 2. The first-order valence-corrected chi connectivity index (χ1v) is 7.48. The summed E-state index contributed by atoms with van der Waals surface area (Å²) in [6.45, 7) is 2.05. The van der Waals surface area contributed by atoms with Gasteiger partial charge in [0.15, 0.2) is 5.41 Å². The van der Waals surface area contributed by atoms with Crippen molar-refractivity contribution in [3.05, 3.63) is 52.8 Å². The van der Waals surface area contributed by atoms with Crippen LogP contribution in [0.3, 0.4) is 0 Å². The normalized spacial score (nSPS) is 11.4. The Morgan fingerprint density at radius 2 is 1.78 bits per heavy atom. The molecule has 0 atom stereocenters. The molecule has 0 aliphatic rings. The largest absolute Gasteiger partial charge is 0.480 e. The zero-order valence-electron chi connectivity index (χ0n) is 12.6. The summed E-state index contributed by atoms with van der Waals surface area (Å²) in [5, 5.41) is 23.4. The van der Waals surface area contributed by atoms with E-state index < -0.39 is 17.4 Å². The van der Waals surface area contributed by atoms with Gasteiger partial charge in [-0.2, -0.15) is 5.10 Å². The molecular formula is C16H17ClN2O4. The summed E-state index contributed by atoms with van der Waals surface area (Å²) in [6.07, 6.45) is 3.08. The van der Waals surface area contributed by atoms with Crippen LogP contribution in [0.25, 0.3) is 0 Å². The van der Waals surface area contributed by atoms with E-state index in [2.05, 4.69) is 5.10 Å². The van der Waals surface area contributed by atoms with Crippen molar-refractivity contribution in [2.24, 2.45) is 5.41 Å². The SMILES string of the molecule is CCC(Cc1cnn(Cc2ccc(Cl)cc2)c1)(C(=O)O)C(=O)O. The molecule has 1 heterocycles. The van der Waals surface area contributed by atoms with E-state index in [0.717, 1.165) is 5.56 Å². The van der Waals surface area contributed by atoms with Gasteiger partial charge in [0, 0.05) is 17.6 Å². The molecule has 0 fully saturated rings. The lowest BCUT2D eigenvalue weighted by Gasteiger charge is -2.22. The fraction of sp³-hybridized carbons (Fsp3) is 0.312. The maximum atomic E-state index is 11.4. The minimum Gasteiger partial charge on any atom is -0.480 e. The number of rotatable bonds is 7. The first-order valence-electron chi connectivity index (χ1n) is 7.10. The van der Waals surface area contributed by atoms with Gasteiger partial charge in [-0.15, -0.1) is 0 Å². The van der Waals surface area contributed by atoms with Crippen LogP contribution in [0.4, 0.5) is 0 Å². The van der Waals surface area contributed by atoms with Gasteiger partial charge >= 0.3 is 11.9 Å². The molecule has 6 nitrogen and oxygen atoms in total. The Morgan fingerprint density at radius 3 is 2.30 bits per heavy atom. The highest BCUT2D eigenvalue weighted by Crippen LogP contribution is 2.28. The maximum Gasteiger partial charge on any atom is 0.321 e. The van der Waals surface area contributed by atoms with Gasteiger partial charge in [-0.3, -0.25) is 14.3 Å². The van der Waals surface area contributed by atoms with Crippen molar-refractivity contribution < 1.29 is 19.8 Å². The highest BCUT2D eigenvalue weighted by Gasteiger charge is 2.45. The standard InChI is InChI=1S/C16H17ClN2O4/c1-2-16(14(20)21,15(22)23)7-12-8-18-19(10-12)9-11-3-5-13(17)6-4-11/h3-6,8,10H,2,7,9H2,1H3,(H,20,21)(H,22,23).